The third-order valence-corrected chi connectivity index (χ3v) is 2.93. The van der Waals surface area contributed by atoms with Gasteiger partial charge >= 0.3 is 0 Å². The molecule has 2 aromatic rings. The molecule has 0 aliphatic carbocycles. The van der Waals surface area contributed by atoms with Crippen molar-refractivity contribution < 1.29 is 8.78 Å². The third kappa shape index (κ3) is 2.95. The largest absolute Gasteiger partial charge is 0.207 e. The van der Waals surface area contributed by atoms with Crippen LogP contribution in [0.5, 0.6) is 0 Å². The molecule has 0 bridgehead atoms. The van der Waals surface area contributed by atoms with Gasteiger partial charge in [-0.2, -0.15) is 0 Å². The van der Waals surface area contributed by atoms with Gasteiger partial charge in [0.1, 0.15) is 11.6 Å². The Kier molecular flexibility index (Phi) is 4.08. The van der Waals surface area contributed by atoms with Gasteiger partial charge in [0, 0.05) is 5.92 Å². The van der Waals surface area contributed by atoms with Gasteiger partial charge in [0.25, 0.3) is 0 Å². The van der Waals surface area contributed by atoms with Gasteiger partial charge in [0.15, 0.2) is 0 Å². The van der Waals surface area contributed by atoms with Gasteiger partial charge in [-0.15, -0.1) is 0 Å². The molecule has 93 valence electrons. The normalized spacial score (nSPS) is 10.9. The molecule has 0 amide bonds. The number of hydrogen-bond donors (Lipinski definition) is 0. The number of benzene rings is 2. The van der Waals surface area contributed by atoms with Crippen LogP contribution in [0.4, 0.5) is 8.78 Å². The summed E-state index contributed by atoms with van der Waals surface area (Å²) in [5.41, 5.74) is 2.04. The fourth-order valence-electron chi connectivity index (χ4n) is 2.04. The molecule has 1 radical (unpaired) electrons. The zero-order valence-electron chi connectivity index (χ0n) is 10.2. The maximum absolute atomic E-state index is 12.9. The van der Waals surface area contributed by atoms with Gasteiger partial charge < -0.3 is 0 Å². The molecule has 0 saturated carbocycles. The van der Waals surface area contributed by atoms with Crippen molar-refractivity contribution >= 4 is 0 Å². The van der Waals surface area contributed by atoms with Gasteiger partial charge in [-0.3, -0.25) is 0 Å². The molecule has 0 aliphatic heterocycles. The Hall–Kier alpha value is -1.70. The molecular weight excluding hydrogens is 230 g/mol. The fraction of sp³-hybridized carbons (Fsp3) is 0.188. The lowest BCUT2D eigenvalue weighted by atomic mass is 9.88. The zero-order chi connectivity index (χ0) is 13.0. The summed E-state index contributed by atoms with van der Waals surface area (Å²) in [4.78, 5) is 0. The highest BCUT2D eigenvalue weighted by atomic mass is 19.1. The highest BCUT2D eigenvalue weighted by molar-refractivity contribution is 5.35. The van der Waals surface area contributed by atoms with E-state index in [4.69, 9.17) is 0 Å². The molecule has 0 spiro atoms. The lowest BCUT2D eigenvalue weighted by Crippen LogP contribution is -2.02. The molecule has 0 saturated heterocycles. The van der Waals surface area contributed by atoms with Crippen LogP contribution in [0.3, 0.4) is 0 Å². The number of halogens is 2. The second-order valence-corrected chi connectivity index (χ2v) is 4.22. The van der Waals surface area contributed by atoms with E-state index in [0.29, 0.717) is 0 Å². The Labute approximate surface area is 106 Å². The van der Waals surface area contributed by atoms with E-state index in [2.05, 4.69) is 13.3 Å². The van der Waals surface area contributed by atoms with Crippen LogP contribution in [0.25, 0.3) is 0 Å². The molecule has 0 nitrogen and oxygen atoms in total. The first-order valence-electron chi connectivity index (χ1n) is 6.05. The minimum atomic E-state index is -0.242. The van der Waals surface area contributed by atoms with Crippen molar-refractivity contribution in [2.45, 2.75) is 19.3 Å². The van der Waals surface area contributed by atoms with E-state index in [1.54, 1.807) is 24.3 Å². The van der Waals surface area contributed by atoms with Crippen LogP contribution >= 0.6 is 0 Å². The topological polar surface area (TPSA) is 0 Å². The van der Waals surface area contributed by atoms with Crippen molar-refractivity contribution in [1.29, 1.82) is 0 Å². The summed E-state index contributed by atoms with van der Waals surface area (Å²) in [5.74, 6) is -0.405. The van der Waals surface area contributed by atoms with E-state index in [-0.39, 0.29) is 17.6 Å². The summed E-state index contributed by atoms with van der Waals surface area (Å²) in [5, 5.41) is 0. The summed E-state index contributed by atoms with van der Waals surface area (Å²) >= 11 is 0. The molecule has 0 atom stereocenters. The van der Waals surface area contributed by atoms with Crippen molar-refractivity contribution in [3.05, 3.63) is 77.7 Å². The molecule has 0 aromatic heterocycles. The summed E-state index contributed by atoms with van der Waals surface area (Å²) < 4.78 is 25.9. The van der Waals surface area contributed by atoms with Gasteiger partial charge in [-0.05, 0) is 41.8 Å². The average Bonchev–Trinajstić information content (AvgIpc) is 2.39. The van der Waals surface area contributed by atoms with Crippen LogP contribution in [0.15, 0.2) is 48.5 Å². The van der Waals surface area contributed by atoms with Crippen molar-refractivity contribution in [2.75, 3.05) is 0 Å². The Morgan fingerprint density at radius 3 is 1.56 bits per heavy atom. The predicted octanol–water partition coefficient (Wildman–Crippen LogP) is 4.71. The molecule has 0 heterocycles. The van der Waals surface area contributed by atoms with Crippen LogP contribution < -0.4 is 0 Å². The molecule has 2 heteroatoms. The van der Waals surface area contributed by atoms with Crippen LogP contribution in [0.2, 0.25) is 0 Å². The monoisotopic (exact) mass is 245 g/mol. The Balaban J connectivity index is 2.33. The molecule has 2 aromatic carbocycles. The van der Waals surface area contributed by atoms with Crippen molar-refractivity contribution in [3.8, 4) is 0 Å². The van der Waals surface area contributed by atoms with E-state index >= 15 is 0 Å². The van der Waals surface area contributed by atoms with Crippen molar-refractivity contribution in [3.63, 3.8) is 0 Å². The maximum atomic E-state index is 12.9. The lowest BCUT2D eigenvalue weighted by molar-refractivity contribution is 0.625. The SMILES string of the molecule is CC[CH]C(c1ccc(F)cc1)c1ccc(F)cc1. The van der Waals surface area contributed by atoms with Crippen LogP contribution in [0, 0.1) is 18.1 Å². The zero-order valence-corrected chi connectivity index (χ0v) is 10.2. The number of rotatable bonds is 4. The quantitative estimate of drug-likeness (QED) is 0.731. The van der Waals surface area contributed by atoms with Gasteiger partial charge in [-0.25, -0.2) is 8.78 Å². The van der Waals surface area contributed by atoms with Crippen LogP contribution in [-0.4, -0.2) is 0 Å². The number of hydrogen-bond acceptors (Lipinski definition) is 0. The standard InChI is InChI=1S/C16H15F2/c1-2-3-16(12-4-8-14(17)9-5-12)13-6-10-15(18)11-7-13/h3-11,16H,2H2,1H3. The highest BCUT2D eigenvalue weighted by Gasteiger charge is 2.13. The van der Waals surface area contributed by atoms with Crippen molar-refractivity contribution in [1.82, 2.24) is 0 Å². The van der Waals surface area contributed by atoms with Gasteiger partial charge in [0.05, 0.1) is 0 Å². The van der Waals surface area contributed by atoms with Gasteiger partial charge in [0.2, 0.25) is 0 Å². The predicted molar refractivity (Wildman–Crippen MR) is 69.2 cm³/mol. The van der Waals surface area contributed by atoms with E-state index in [0.717, 1.165) is 17.5 Å². The second kappa shape index (κ2) is 5.76. The molecule has 0 N–H and O–H groups in total. The molecular formula is C16H15F2. The third-order valence-electron chi connectivity index (χ3n) is 2.93. The summed E-state index contributed by atoms with van der Waals surface area (Å²) in [6.07, 6.45) is 3.04. The molecule has 0 fully saturated rings. The van der Waals surface area contributed by atoms with Crippen LogP contribution in [0.1, 0.15) is 30.4 Å². The first kappa shape index (κ1) is 12.7. The second-order valence-electron chi connectivity index (χ2n) is 4.22. The molecule has 0 aliphatic rings. The summed E-state index contributed by atoms with van der Waals surface area (Å²) in [6.45, 7) is 2.06. The Bertz CT molecular complexity index is 440. The minimum absolute atomic E-state index is 0.0798. The Morgan fingerprint density at radius 1 is 0.833 bits per heavy atom. The van der Waals surface area contributed by atoms with Crippen molar-refractivity contribution in [2.24, 2.45) is 0 Å². The molecule has 2 rings (SSSR count). The minimum Gasteiger partial charge on any atom is -0.207 e. The molecule has 18 heavy (non-hydrogen) atoms. The molecule has 0 unspecified atom stereocenters. The average molecular weight is 245 g/mol. The fourth-order valence-corrected chi connectivity index (χ4v) is 2.04. The first-order valence-corrected chi connectivity index (χ1v) is 6.05. The van der Waals surface area contributed by atoms with E-state index < -0.39 is 0 Å². The summed E-state index contributed by atoms with van der Waals surface area (Å²) in [7, 11) is 0. The first-order chi connectivity index (χ1) is 8.70. The van der Waals surface area contributed by atoms with Crippen LogP contribution in [-0.2, 0) is 0 Å². The summed E-state index contributed by atoms with van der Waals surface area (Å²) in [6, 6.07) is 12.9. The van der Waals surface area contributed by atoms with E-state index in [1.807, 2.05) is 0 Å². The van der Waals surface area contributed by atoms with E-state index in [1.165, 1.54) is 24.3 Å². The lowest BCUT2D eigenvalue weighted by Gasteiger charge is -2.17. The van der Waals surface area contributed by atoms with E-state index in [9.17, 15) is 8.78 Å². The highest BCUT2D eigenvalue weighted by Crippen LogP contribution is 2.28. The van der Waals surface area contributed by atoms with Gasteiger partial charge in [-0.1, -0.05) is 37.6 Å². The maximum Gasteiger partial charge on any atom is 0.123 e. The smallest absolute Gasteiger partial charge is 0.123 e. The Morgan fingerprint density at radius 2 is 1.22 bits per heavy atom.